The zero-order valence-electron chi connectivity index (χ0n) is 9.04. The van der Waals surface area contributed by atoms with Gasteiger partial charge in [0.2, 0.25) is 0 Å². The minimum Gasteiger partial charge on any atom is -0.359 e. The van der Waals surface area contributed by atoms with Gasteiger partial charge in [-0.1, -0.05) is 0 Å². The first kappa shape index (κ1) is 14.7. The van der Waals surface area contributed by atoms with Crippen molar-refractivity contribution in [3.63, 3.8) is 0 Å². The van der Waals surface area contributed by atoms with Gasteiger partial charge >= 0.3 is 6.18 Å². The van der Waals surface area contributed by atoms with Crippen LogP contribution in [0.25, 0.3) is 0 Å². The lowest BCUT2D eigenvalue weighted by atomic mass is 10.3. The maximum atomic E-state index is 11.8. The summed E-state index contributed by atoms with van der Waals surface area (Å²) < 4.78 is 39.7. The van der Waals surface area contributed by atoms with Gasteiger partial charge in [0.1, 0.15) is 12.7 Å². The summed E-state index contributed by atoms with van der Waals surface area (Å²) in [5, 5.41) is 8.28. The Labute approximate surface area is 91.6 Å². The Bertz CT molecular complexity index is 273. The molecular weight excluding hydrogens is 225 g/mol. The number of ether oxygens (including phenoxy) is 1. The molecule has 0 saturated carbocycles. The molecule has 0 rings (SSSR count). The monoisotopic (exact) mass is 238 g/mol. The minimum atomic E-state index is -4.44. The fourth-order valence-electron chi connectivity index (χ4n) is 0.929. The van der Waals surface area contributed by atoms with Crippen molar-refractivity contribution < 1.29 is 22.7 Å². The molecular formula is C9H13F3N2O2. The van der Waals surface area contributed by atoms with Crippen molar-refractivity contribution in [1.29, 1.82) is 5.26 Å². The molecule has 7 heteroatoms. The average Bonchev–Trinajstić information content (AvgIpc) is 2.20. The number of hydrogen-bond donors (Lipinski definition) is 0. The number of rotatable bonds is 5. The molecule has 1 atom stereocenters. The lowest BCUT2D eigenvalue weighted by Crippen LogP contribution is -2.38. The third kappa shape index (κ3) is 6.24. The van der Waals surface area contributed by atoms with Crippen LogP contribution in [0.2, 0.25) is 0 Å². The Balaban J connectivity index is 4.04. The molecule has 0 radical (unpaired) electrons. The molecule has 0 aromatic rings. The first-order valence-corrected chi connectivity index (χ1v) is 4.58. The van der Waals surface area contributed by atoms with E-state index in [9.17, 15) is 18.0 Å². The number of hydrogen-bond acceptors (Lipinski definition) is 3. The highest BCUT2D eigenvalue weighted by Gasteiger charge is 2.30. The van der Waals surface area contributed by atoms with Crippen LogP contribution in [0.1, 0.15) is 13.3 Å². The van der Waals surface area contributed by atoms with Crippen molar-refractivity contribution >= 4 is 5.91 Å². The van der Waals surface area contributed by atoms with Crippen molar-refractivity contribution in [2.45, 2.75) is 25.6 Å². The summed E-state index contributed by atoms with van der Waals surface area (Å²) >= 11 is 0. The van der Waals surface area contributed by atoms with Gasteiger partial charge in [0.05, 0.1) is 12.5 Å². The Morgan fingerprint density at radius 3 is 2.56 bits per heavy atom. The third-order valence-electron chi connectivity index (χ3n) is 1.78. The number of alkyl halides is 3. The molecule has 0 bridgehead atoms. The molecule has 1 unspecified atom stereocenters. The lowest BCUT2D eigenvalue weighted by Gasteiger charge is -2.21. The van der Waals surface area contributed by atoms with E-state index in [0.29, 0.717) is 0 Å². The van der Waals surface area contributed by atoms with Gasteiger partial charge in [-0.25, -0.2) is 0 Å². The van der Waals surface area contributed by atoms with E-state index in [1.54, 1.807) is 0 Å². The molecule has 0 fully saturated rings. The van der Waals surface area contributed by atoms with E-state index in [1.165, 1.54) is 18.9 Å². The van der Waals surface area contributed by atoms with Crippen LogP contribution in [0.4, 0.5) is 13.2 Å². The Hall–Kier alpha value is -1.29. The number of halogens is 3. The fourth-order valence-corrected chi connectivity index (χ4v) is 0.929. The molecule has 0 N–H and O–H groups in total. The largest absolute Gasteiger partial charge is 0.411 e. The second kappa shape index (κ2) is 6.33. The summed E-state index contributed by atoms with van der Waals surface area (Å²) in [5.41, 5.74) is 0. The van der Waals surface area contributed by atoms with E-state index in [-0.39, 0.29) is 13.0 Å². The lowest BCUT2D eigenvalue weighted by molar-refractivity contribution is -0.188. The fraction of sp³-hybridized carbons (Fsp3) is 0.778. The molecule has 16 heavy (non-hydrogen) atoms. The van der Waals surface area contributed by atoms with Crippen molar-refractivity contribution in [3.8, 4) is 6.07 Å². The van der Waals surface area contributed by atoms with Crippen LogP contribution in [0.15, 0.2) is 0 Å². The number of carbonyl (C=O) groups is 1. The quantitative estimate of drug-likeness (QED) is 0.726. The first-order valence-electron chi connectivity index (χ1n) is 4.58. The van der Waals surface area contributed by atoms with Crippen molar-refractivity contribution in [2.24, 2.45) is 0 Å². The van der Waals surface area contributed by atoms with E-state index in [2.05, 4.69) is 4.74 Å². The summed E-state index contributed by atoms with van der Waals surface area (Å²) in [6.45, 7) is -0.0298. The summed E-state index contributed by atoms with van der Waals surface area (Å²) in [5.74, 6) is -0.570. The van der Waals surface area contributed by atoms with Gasteiger partial charge in [0, 0.05) is 13.6 Å². The van der Waals surface area contributed by atoms with Gasteiger partial charge in [0.25, 0.3) is 5.91 Å². The Kier molecular flexibility index (Phi) is 5.82. The van der Waals surface area contributed by atoms with Crippen LogP contribution in [0, 0.1) is 11.3 Å². The van der Waals surface area contributed by atoms with Crippen molar-refractivity contribution in [1.82, 2.24) is 4.90 Å². The second-order valence-corrected chi connectivity index (χ2v) is 3.24. The number of nitrogens with zero attached hydrogens (tertiary/aromatic N) is 2. The molecule has 0 saturated heterocycles. The van der Waals surface area contributed by atoms with Crippen LogP contribution in [-0.2, 0) is 9.53 Å². The van der Waals surface area contributed by atoms with Gasteiger partial charge in [0.15, 0.2) is 0 Å². The molecule has 0 aromatic carbocycles. The van der Waals surface area contributed by atoms with E-state index >= 15 is 0 Å². The maximum absolute atomic E-state index is 11.8. The number of nitriles is 1. The molecule has 0 aliphatic heterocycles. The number of carbonyl (C=O) groups excluding carboxylic acids is 1. The summed E-state index contributed by atoms with van der Waals surface area (Å²) in [6.07, 6.45) is -5.47. The van der Waals surface area contributed by atoms with Crippen LogP contribution in [-0.4, -0.2) is 43.3 Å². The molecule has 0 spiro atoms. The van der Waals surface area contributed by atoms with Gasteiger partial charge < -0.3 is 9.64 Å². The molecule has 0 aromatic heterocycles. The van der Waals surface area contributed by atoms with E-state index < -0.39 is 24.8 Å². The molecule has 0 aliphatic rings. The van der Waals surface area contributed by atoms with Crippen molar-refractivity contribution in [2.75, 3.05) is 20.2 Å². The summed E-state index contributed by atoms with van der Waals surface area (Å²) in [6, 6.07) is 1.83. The zero-order valence-corrected chi connectivity index (χ0v) is 9.04. The Morgan fingerprint density at radius 2 is 2.12 bits per heavy atom. The van der Waals surface area contributed by atoms with E-state index in [0.717, 1.165) is 0 Å². The average molecular weight is 238 g/mol. The number of likely N-dealkylation sites (N-methyl/N-ethyl adjacent to an activating group) is 1. The highest BCUT2D eigenvalue weighted by Crippen LogP contribution is 2.15. The van der Waals surface area contributed by atoms with Crippen LogP contribution >= 0.6 is 0 Å². The standard InChI is InChI=1S/C9H13F3N2O2/c1-7(16-6-9(10,11)12)8(15)14(2)5-3-4-13/h7H,3,5-6H2,1-2H3. The molecule has 0 heterocycles. The minimum absolute atomic E-state index is 0.133. The maximum Gasteiger partial charge on any atom is 0.411 e. The summed E-state index contributed by atoms with van der Waals surface area (Å²) in [7, 11) is 1.41. The molecule has 0 aliphatic carbocycles. The molecule has 1 amide bonds. The van der Waals surface area contributed by atoms with Gasteiger partial charge in [-0.15, -0.1) is 0 Å². The highest BCUT2D eigenvalue weighted by atomic mass is 19.4. The highest BCUT2D eigenvalue weighted by molar-refractivity contribution is 5.80. The van der Waals surface area contributed by atoms with Crippen LogP contribution < -0.4 is 0 Å². The Morgan fingerprint density at radius 1 is 1.56 bits per heavy atom. The predicted octanol–water partition coefficient (Wildman–Crippen LogP) is 1.33. The first-order chi connectivity index (χ1) is 7.28. The SMILES string of the molecule is CC(OCC(F)(F)F)C(=O)N(C)CCC#N. The second-order valence-electron chi connectivity index (χ2n) is 3.24. The van der Waals surface area contributed by atoms with E-state index in [1.807, 2.05) is 6.07 Å². The van der Waals surface area contributed by atoms with Gasteiger partial charge in [-0.2, -0.15) is 18.4 Å². The zero-order chi connectivity index (χ0) is 12.8. The van der Waals surface area contributed by atoms with E-state index in [4.69, 9.17) is 5.26 Å². The normalized spacial score (nSPS) is 13.0. The van der Waals surface area contributed by atoms with Crippen LogP contribution in [0.5, 0.6) is 0 Å². The molecule has 4 nitrogen and oxygen atoms in total. The van der Waals surface area contributed by atoms with Gasteiger partial charge in [-0.3, -0.25) is 4.79 Å². The molecule has 92 valence electrons. The topological polar surface area (TPSA) is 53.3 Å². The van der Waals surface area contributed by atoms with Crippen molar-refractivity contribution in [3.05, 3.63) is 0 Å². The number of amides is 1. The smallest absolute Gasteiger partial charge is 0.359 e. The predicted molar refractivity (Wildman–Crippen MR) is 49.3 cm³/mol. The third-order valence-corrected chi connectivity index (χ3v) is 1.78. The van der Waals surface area contributed by atoms with Gasteiger partial charge in [-0.05, 0) is 6.92 Å². The van der Waals surface area contributed by atoms with Crippen LogP contribution in [0.3, 0.4) is 0 Å². The summed E-state index contributed by atoms with van der Waals surface area (Å²) in [4.78, 5) is 12.6.